The molecular formula is C9H9BrN2O2. The van der Waals surface area contributed by atoms with Crippen LogP contribution in [0.3, 0.4) is 0 Å². The lowest BCUT2D eigenvalue weighted by molar-refractivity contribution is 0.00543. The number of hydrogen-bond acceptors (Lipinski definition) is 3. The maximum atomic E-state index is 11.7. The Morgan fingerprint density at radius 2 is 2.36 bits per heavy atom. The smallest absolute Gasteiger partial charge is 0.273 e. The summed E-state index contributed by atoms with van der Waals surface area (Å²) in [5.74, 6) is -0.136. The van der Waals surface area contributed by atoms with Crippen LogP contribution in [0.2, 0.25) is 0 Å². The van der Waals surface area contributed by atoms with Crippen LogP contribution in [0, 0.1) is 0 Å². The molecule has 14 heavy (non-hydrogen) atoms. The molecule has 1 fully saturated rings. The molecule has 4 nitrogen and oxygen atoms in total. The van der Waals surface area contributed by atoms with E-state index in [9.17, 15) is 4.79 Å². The van der Waals surface area contributed by atoms with Crippen molar-refractivity contribution in [2.24, 2.45) is 0 Å². The predicted molar refractivity (Wildman–Crippen MR) is 53.8 cm³/mol. The number of aliphatic hydroxyl groups is 1. The fourth-order valence-electron chi connectivity index (χ4n) is 1.31. The Kier molecular flexibility index (Phi) is 2.52. The number of hydrogen-bond donors (Lipinski definition) is 1. The van der Waals surface area contributed by atoms with Crippen molar-refractivity contribution in [2.45, 2.75) is 6.10 Å². The summed E-state index contributed by atoms with van der Waals surface area (Å²) in [6.07, 6.45) is 1.20. The first-order chi connectivity index (χ1) is 6.68. The molecule has 0 unspecified atom stereocenters. The van der Waals surface area contributed by atoms with Crippen LogP contribution in [0.5, 0.6) is 0 Å². The summed E-state index contributed by atoms with van der Waals surface area (Å²) >= 11 is 3.26. The molecule has 1 amide bonds. The number of aromatic nitrogens is 1. The van der Waals surface area contributed by atoms with Gasteiger partial charge in [-0.2, -0.15) is 0 Å². The monoisotopic (exact) mass is 256 g/mol. The van der Waals surface area contributed by atoms with E-state index in [0.29, 0.717) is 23.3 Å². The van der Waals surface area contributed by atoms with E-state index in [4.69, 9.17) is 5.11 Å². The zero-order valence-corrected chi connectivity index (χ0v) is 8.94. The van der Waals surface area contributed by atoms with Crippen LogP contribution in [0.25, 0.3) is 0 Å². The van der Waals surface area contributed by atoms with Gasteiger partial charge in [0.1, 0.15) is 5.69 Å². The number of carbonyl (C=O) groups is 1. The van der Waals surface area contributed by atoms with E-state index in [2.05, 4.69) is 20.9 Å². The first-order valence-electron chi connectivity index (χ1n) is 4.26. The molecule has 1 aromatic heterocycles. The molecule has 0 aliphatic carbocycles. The summed E-state index contributed by atoms with van der Waals surface area (Å²) in [5.41, 5.74) is 0.402. The Balaban J connectivity index is 2.16. The second kappa shape index (κ2) is 3.67. The molecule has 1 saturated heterocycles. The normalized spacial score (nSPS) is 16.6. The van der Waals surface area contributed by atoms with Gasteiger partial charge in [-0.25, -0.2) is 4.98 Å². The molecule has 2 rings (SSSR count). The Hall–Kier alpha value is -0.940. The van der Waals surface area contributed by atoms with Crippen molar-refractivity contribution in [3.8, 4) is 0 Å². The molecule has 1 aliphatic rings. The highest BCUT2D eigenvalue weighted by atomic mass is 79.9. The molecule has 5 heteroatoms. The number of pyridine rings is 1. The van der Waals surface area contributed by atoms with Crippen molar-refractivity contribution in [3.05, 3.63) is 28.5 Å². The number of nitrogens with zero attached hydrogens (tertiary/aromatic N) is 2. The maximum Gasteiger partial charge on any atom is 0.273 e. The molecule has 0 atom stereocenters. The lowest BCUT2D eigenvalue weighted by Crippen LogP contribution is -2.53. The molecule has 1 aromatic rings. The van der Waals surface area contributed by atoms with Gasteiger partial charge in [-0.15, -0.1) is 0 Å². The summed E-state index contributed by atoms with van der Waals surface area (Å²) in [6, 6.07) is 3.53. The molecule has 0 radical (unpaired) electrons. The average Bonchev–Trinajstić information content (AvgIpc) is 2.13. The molecule has 0 aromatic carbocycles. The van der Waals surface area contributed by atoms with Crippen LogP contribution in [-0.2, 0) is 0 Å². The molecule has 1 N–H and O–H groups in total. The Bertz CT molecular complexity index is 364. The van der Waals surface area contributed by atoms with Gasteiger partial charge in [0.15, 0.2) is 0 Å². The Labute approximate surface area is 89.7 Å². The third-order valence-corrected chi connectivity index (χ3v) is 2.75. The van der Waals surface area contributed by atoms with Gasteiger partial charge in [0.05, 0.1) is 6.10 Å². The number of rotatable bonds is 1. The number of amides is 1. The molecular weight excluding hydrogens is 248 g/mol. The van der Waals surface area contributed by atoms with Crippen molar-refractivity contribution in [1.82, 2.24) is 9.88 Å². The second-order valence-corrected chi connectivity index (χ2v) is 4.05. The standard InChI is InChI=1S/C9H9BrN2O2/c10-7-2-1-3-11-8(7)9(14)12-4-6(13)5-12/h1-3,6,13H,4-5H2. The summed E-state index contributed by atoms with van der Waals surface area (Å²) in [4.78, 5) is 17.3. The molecule has 0 spiro atoms. The summed E-state index contributed by atoms with van der Waals surface area (Å²) in [6.45, 7) is 0.809. The quantitative estimate of drug-likeness (QED) is 0.804. The topological polar surface area (TPSA) is 53.4 Å². The number of β-amino-alcohol motifs (C(OH)–C–C–N with tert-alkyl or cyclic N) is 1. The van der Waals surface area contributed by atoms with E-state index in [-0.39, 0.29) is 12.0 Å². The highest BCUT2D eigenvalue weighted by Gasteiger charge is 2.30. The van der Waals surface area contributed by atoms with Crippen LogP contribution >= 0.6 is 15.9 Å². The van der Waals surface area contributed by atoms with Gasteiger partial charge in [0.2, 0.25) is 0 Å². The van der Waals surface area contributed by atoms with Crippen molar-refractivity contribution < 1.29 is 9.90 Å². The van der Waals surface area contributed by atoms with E-state index < -0.39 is 0 Å². The fourth-order valence-corrected chi connectivity index (χ4v) is 1.74. The van der Waals surface area contributed by atoms with Gasteiger partial charge in [0.25, 0.3) is 5.91 Å². The lowest BCUT2D eigenvalue weighted by atomic mass is 10.1. The van der Waals surface area contributed by atoms with Crippen molar-refractivity contribution in [2.75, 3.05) is 13.1 Å². The van der Waals surface area contributed by atoms with Gasteiger partial charge >= 0.3 is 0 Å². The highest BCUT2D eigenvalue weighted by molar-refractivity contribution is 9.10. The largest absolute Gasteiger partial charge is 0.389 e. The molecule has 0 bridgehead atoms. The number of likely N-dealkylation sites (tertiary alicyclic amines) is 1. The van der Waals surface area contributed by atoms with E-state index in [1.807, 2.05) is 0 Å². The lowest BCUT2D eigenvalue weighted by Gasteiger charge is -2.35. The van der Waals surface area contributed by atoms with Gasteiger partial charge < -0.3 is 10.0 Å². The Morgan fingerprint density at radius 1 is 1.64 bits per heavy atom. The molecule has 2 heterocycles. The van der Waals surface area contributed by atoms with Gasteiger partial charge in [0, 0.05) is 23.8 Å². The summed E-state index contributed by atoms with van der Waals surface area (Å²) in [5, 5.41) is 9.06. The van der Waals surface area contributed by atoms with Crippen molar-refractivity contribution in [1.29, 1.82) is 0 Å². The highest BCUT2D eigenvalue weighted by Crippen LogP contribution is 2.18. The zero-order valence-electron chi connectivity index (χ0n) is 7.35. The van der Waals surface area contributed by atoms with Crippen molar-refractivity contribution >= 4 is 21.8 Å². The number of aliphatic hydroxyl groups excluding tert-OH is 1. The van der Waals surface area contributed by atoms with Crippen LogP contribution < -0.4 is 0 Å². The average molecular weight is 257 g/mol. The van der Waals surface area contributed by atoms with Crippen LogP contribution in [-0.4, -0.2) is 40.1 Å². The summed E-state index contributed by atoms with van der Waals surface area (Å²) in [7, 11) is 0. The third-order valence-electron chi connectivity index (χ3n) is 2.11. The summed E-state index contributed by atoms with van der Waals surface area (Å²) < 4.78 is 0.686. The van der Waals surface area contributed by atoms with E-state index in [1.165, 1.54) is 0 Å². The predicted octanol–water partition coefficient (Wildman–Crippen LogP) is 0.661. The molecule has 0 saturated carbocycles. The minimum atomic E-state index is -0.374. The first kappa shape index (κ1) is 9.61. The minimum absolute atomic E-state index is 0.136. The molecule has 1 aliphatic heterocycles. The SMILES string of the molecule is O=C(c1ncccc1Br)N1CC(O)C1. The third kappa shape index (κ3) is 1.65. The first-order valence-corrected chi connectivity index (χ1v) is 5.05. The van der Waals surface area contributed by atoms with E-state index in [1.54, 1.807) is 23.2 Å². The number of carbonyl (C=O) groups excluding carboxylic acids is 1. The zero-order chi connectivity index (χ0) is 10.1. The Morgan fingerprint density at radius 3 is 2.93 bits per heavy atom. The van der Waals surface area contributed by atoms with Crippen LogP contribution in [0.1, 0.15) is 10.5 Å². The number of halogens is 1. The molecule has 74 valence electrons. The van der Waals surface area contributed by atoms with E-state index in [0.717, 1.165) is 0 Å². The van der Waals surface area contributed by atoms with Crippen LogP contribution in [0.15, 0.2) is 22.8 Å². The van der Waals surface area contributed by atoms with Crippen molar-refractivity contribution in [3.63, 3.8) is 0 Å². The van der Waals surface area contributed by atoms with Gasteiger partial charge in [-0.1, -0.05) is 0 Å². The second-order valence-electron chi connectivity index (χ2n) is 3.20. The minimum Gasteiger partial charge on any atom is -0.389 e. The fraction of sp³-hybridized carbons (Fsp3) is 0.333. The maximum absolute atomic E-state index is 11.7. The van der Waals surface area contributed by atoms with Gasteiger partial charge in [-0.05, 0) is 28.1 Å². The van der Waals surface area contributed by atoms with Gasteiger partial charge in [-0.3, -0.25) is 4.79 Å². The van der Waals surface area contributed by atoms with E-state index >= 15 is 0 Å². The van der Waals surface area contributed by atoms with Crippen LogP contribution in [0.4, 0.5) is 0 Å².